The molecule has 1 rings (SSSR count). The van der Waals surface area contributed by atoms with Gasteiger partial charge in [0.15, 0.2) is 0 Å². The Bertz CT molecular complexity index is 260. The third-order valence-corrected chi connectivity index (χ3v) is 3.93. The zero-order valence-electron chi connectivity index (χ0n) is 14.3. The predicted octanol–water partition coefficient (Wildman–Crippen LogP) is 2.74. The number of rotatable bonds is 7. The zero-order chi connectivity index (χ0) is 15.2. The molecule has 0 radical (unpaired) electrons. The topological polar surface area (TPSA) is 35.5 Å². The van der Waals surface area contributed by atoms with Crippen molar-refractivity contribution in [2.45, 2.75) is 59.9 Å². The number of nitrogens with zero attached hydrogens (tertiary/aromatic N) is 1. The highest BCUT2D eigenvalue weighted by Crippen LogP contribution is 2.23. The molecule has 1 fully saturated rings. The van der Waals surface area contributed by atoms with E-state index in [0.29, 0.717) is 18.1 Å². The SMILES string of the molecule is CC(C)CN1CC(CCCO)CC(NCC(C)(C)C)C1. The van der Waals surface area contributed by atoms with Crippen LogP contribution in [0.15, 0.2) is 0 Å². The monoisotopic (exact) mass is 284 g/mol. The van der Waals surface area contributed by atoms with Crippen molar-refractivity contribution in [1.29, 1.82) is 0 Å². The van der Waals surface area contributed by atoms with Crippen LogP contribution in [0.4, 0.5) is 0 Å². The van der Waals surface area contributed by atoms with Gasteiger partial charge in [-0.2, -0.15) is 0 Å². The highest BCUT2D eigenvalue weighted by Gasteiger charge is 2.27. The van der Waals surface area contributed by atoms with Crippen LogP contribution in [0.3, 0.4) is 0 Å². The molecule has 20 heavy (non-hydrogen) atoms. The summed E-state index contributed by atoms with van der Waals surface area (Å²) < 4.78 is 0. The highest BCUT2D eigenvalue weighted by atomic mass is 16.2. The van der Waals surface area contributed by atoms with Crippen molar-refractivity contribution in [3.63, 3.8) is 0 Å². The van der Waals surface area contributed by atoms with E-state index < -0.39 is 0 Å². The lowest BCUT2D eigenvalue weighted by Gasteiger charge is -2.40. The van der Waals surface area contributed by atoms with Crippen molar-refractivity contribution in [3.05, 3.63) is 0 Å². The molecule has 0 aliphatic carbocycles. The highest BCUT2D eigenvalue weighted by molar-refractivity contribution is 4.85. The first-order chi connectivity index (χ1) is 9.30. The van der Waals surface area contributed by atoms with Crippen LogP contribution < -0.4 is 5.32 Å². The molecule has 2 atom stereocenters. The average Bonchev–Trinajstić information content (AvgIpc) is 2.32. The molecule has 3 heteroatoms. The summed E-state index contributed by atoms with van der Waals surface area (Å²) in [4.78, 5) is 2.62. The predicted molar refractivity (Wildman–Crippen MR) is 87.0 cm³/mol. The average molecular weight is 284 g/mol. The maximum Gasteiger partial charge on any atom is 0.0431 e. The van der Waals surface area contributed by atoms with Crippen LogP contribution in [-0.4, -0.2) is 48.8 Å². The fourth-order valence-corrected chi connectivity index (χ4v) is 3.16. The Morgan fingerprint density at radius 2 is 1.95 bits per heavy atom. The second kappa shape index (κ2) is 8.35. The van der Waals surface area contributed by atoms with E-state index in [1.54, 1.807) is 0 Å². The van der Waals surface area contributed by atoms with Crippen molar-refractivity contribution >= 4 is 0 Å². The van der Waals surface area contributed by atoms with Gasteiger partial charge in [-0.05, 0) is 36.5 Å². The summed E-state index contributed by atoms with van der Waals surface area (Å²) in [6.07, 6.45) is 3.38. The summed E-state index contributed by atoms with van der Waals surface area (Å²) in [6.45, 7) is 16.5. The largest absolute Gasteiger partial charge is 0.396 e. The molecule has 0 aromatic heterocycles. The normalized spacial score (nSPS) is 25.4. The van der Waals surface area contributed by atoms with E-state index in [0.717, 1.165) is 24.8 Å². The zero-order valence-corrected chi connectivity index (χ0v) is 14.3. The Labute approximate surface area is 126 Å². The number of hydrogen-bond donors (Lipinski definition) is 2. The van der Waals surface area contributed by atoms with E-state index in [-0.39, 0.29) is 0 Å². The Hall–Kier alpha value is -0.120. The van der Waals surface area contributed by atoms with Crippen molar-refractivity contribution in [3.8, 4) is 0 Å². The molecule has 2 unspecified atom stereocenters. The summed E-state index contributed by atoms with van der Waals surface area (Å²) in [7, 11) is 0. The van der Waals surface area contributed by atoms with Crippen LogP contribution in [0.5, 0.6) is 0 Å². The molecule has 0 bridgehead atoms. The van der Waals surface area contributed by atoms with Crippen molar-refractivity contribution in [2.75, 3.05) is 32.8 Å². The van der Waals surface area contributed by atoms with Gasteiger partial charge in [-0.15, -0.1) is 0 Å². The molecule has 2 N–H and O–H groups in total. The molecule has 0 amide bonds. The molecule has 1 aliphatic rings. The van der Waals surface area contributed by atoms with Crippen molar-refractivity contribution < 1.29 is 5.11 Å². The van der Waals surface area contributed by atoms with E-state index in [1.165, 1.54) is 32.5 Å². The lowest BCUT2D eigenvalue weighted by atomic mass is 9.89. The smallest absolute Gasteiger partial charge is 0.0431 e. The molecule has 120 valence electrons. The maximum atomic E-state index is 9.05. The third kappa shape index (κ3) is 7.61. The minimum atomic E-state index is 0.334. The van der Waals surface area contributed by atoms with Gasteiger partial charge in [-0.3, -0.25) is 0 Å². The molecule has 1 aliphatic heterocycles. The van der Waals surface area contributed by atoms with Crippen LogP contribution in [0.1, 0.15) is 53.9 Å². The molecule has 0 aromatic carbocycles. The first kappa shape index (κ1) is 17.9. The molecular weight excluding hydrogens is 248 g/mol. The number of hydrogen-bond acceptors (Lipinski definition) is 3. The lowest BCUT2D eigenvalue weighted by molar-refractivity contribution is 0.114. The van der Waals surface area contributed by atoms with Crippen LogP contribution in [0.2, 0.25) is 0 Å². The number of nitrogens with one attached hydrogen (secondary N) is 1. The van der Waals surface area contributed by atoms with Gasteiger partial charge >= 0.3 is 0 Å². The third-order valence-electron chi connectivity index (χ3n) is 3.93. The summed E-state index contributed by atoms with van der Waals surface area (Å²) in [5, 5.41) is 12.8. The van der Waals surface area contributed by atoms with E-state index in [9.17, 15) is 0 Å². The van der Waals surface area contributed by atoms with E-state index in [4.69, 9.17) is 5.11 Å². The summed E-state index contributed by atoms with van der Waals surface area (Å²) in [6, 6.07) is 0.616. The number of aliphatic hydroxyl groups is 1. The second-order valence-corrected chi connectivity index (χ2v) is 8.22. The summed E-state index contributed by atoms with van der Waals surface area (Å²) in [5.74, 6) is 1.47. The van der Waals surface area contributed by atoms with Gasteiger partial charge < -0.3 is 15.3 Å². The Morgan fingerprint density at radius 1 is 1.25 bits per heavy atom. The van der Waals surface area contributed by atoms with E-state index in [1.807, 2.05) is 0 Å². The number of piperidine rings is 1. The van der Waals surface area contributed by atoms with Gasteiger partial charge in [-0.25, -0.2) is 0 Å². The van der Waals surface area contributed by atoms with Gasteiger partial charge in [0, 0.05) is 38.8 Å². The Kier molecular flexibility index (Phi) is 7.49. The summed E-state index contributed by atoms with van der Waals surface area (Å²) >= 11 is 0. The van der Waals surface area contributed by atoms with E-state index in [2.05, 4.69) is 44.8 Å². The quantitative estimate of drug-likeness (QED) is 0.754. The van der Waals surface area contributed by atoms with E-state index >= 15 is 0 Å². The second-order valence-electron chi connectivity index (χ2n) is 8.22. The van der Waals surface area contributed by atoms with Crippen molar-refractivity contribution in [1.82, 2.24) is 10.2 Å². The van der Waals surface area contributed by atoms with Gasteiger partial charge in [0.25, 0.3) is 0 Å². The molecule has 3 nitrogen and oxygen atoms in total. The first-order valence-corrected chi connectivity index (χ1v) is 8.36. The molecule has 0 saturated carbocycles. The fourth-order valence-electron chi connectivity index (χ4n) is 3.16. The van der Waals surface area contributed by atoms with Gasteiger partial charge in [0.2, 0.25) is 0 Å². The molecule has 0 spiro atoms. The van der Waals surface area contributed by atoms with Crippen LogP contribution in [0.25, 0.3) is 0 Å². The van der Waals surface area contributed by atoms with Gasteiger partial charge in [0.1, 0.15) is 0 Å². The Morgan fingerprint density at radius 3 is 2.50 bits per heavy atom. The standard InChI is InChI=1S/C17H36N2O/c1-14(2)10-19-11-15(7-6-8-20)9-16(12-19)18-13-17(3,4)5/h14-16,18,20H,6-13H2,1-5H3. The number of aliphatic hydroxyl groups excluding tert-OH is 1. The lowest BCUT2D eigenvalue weighted by Crippen LogP contribution is -2.51. The van der Waals surface area contributed by atoms with Gasteiger partial charge in [-0.1, -0.05) is 34.6 Å². The number of likely N-dealkylation sites (tertiary alicyclic amines) is 1. The maximum absolute atomic E-state index is 9.05. The molecular formula is C17H36N2O. The molecule has 1 heterocycles. The Balaban J connectivity index is 2.50. The minimum Gasteiger partial charge on any atom is -0.396 e. The first-order valence-electron chi connectivity index (χ1n) is 8.36. The van der Waals surface area contributed by atoms with Gasteiger partial charge in [0.05, 0.1) is 0 Å². The van der Waals surface area contributed by atoms with Crippen molar-refractivity contribution in [2.24, 2.45) is 17.3 Å². The summed E-state index contributed by atoms with van der Waals surface area (Å²) in [5.41, 5.74) is 0.348. The van der Waals surface area contributed by atoms with Crippen LogP contribution in [-0.2, 0) is 0 Å². The molecule has 0 aromatic rings. The van der Waals surface area contributed by atoms with Crippen LogP contribution >= 0.6 is 0 Å². The van der Waals surface area contributed by atoms with Crippen LogP contribution in [0, 0.1) is 17.3 Å². The minimum absolute atomic E-state index is 0.334. The fraction of sp³-hybridized carbons (Fsp3) is 1.00. The molecule has 1 saturated heterocycles.